The molecule has 1 aliphatic rings. The number of carbonyl (C=O) groups excluding carboxylic acids is 1. The predicted molar refractivity (Wildman–Crippen MR) is 100 cm³/mol. The Labute approximate surface area is 150 Å². The zero-order valence-electron chi connectivity index (χ0n) is 15.2. The summed E-state index contributed by atoms with van der Waals surface area (Å²) < 4.78 is 1.98. The summed E-state index contributed by atoms with van der Waals surface area (Å²) in [5, 5.41) is 6.05. The molecule has 1 fully saturated rings. The van der Waals surface area contributed by atoms with E-state index in [0.717, 1.165) is 38.0 Å². The first-order valence-electron chi connectivity index (χ1n) is 9.01. The van der Waals surface area contributed by atoms with Crippen LogP contribution in [0.4, 0.5) is 4.79 Å². The summed E-state index contributed by atoms with van der Waals surface area (Å²) in [5.74, 6) is 0. The maximum absolute atomic E-state index is 12.1. The smallest absolute Gasteiger partial charge is 0.315 e. The van der Waals surface area contributed by atoms with Crippen LogP contribution in [0.25, 0.3) is 0 Å². The standard InChI is InChI=1S/C20H28N4O/c1-16-4-3-5-17(12-16)15-24-10-7-19(8-11-24)22-20(25)21-13-18-6-9-23(2)14-18/h3-6,9,12,14,19H,7-8,10-11,13,15H2,1-2H3,(H2,21,22,25). The highest BCUT2D eigenvalue weighted by atomic mass is 16.2. The van der Waals surface area contributed by atoms with Gasteiger partial charge < -0.3 is 15.2 Å². The molecule has 0 aliphatic carbocycles. The number of aromatic nitrogens is 1. The topological polar surface area (TPSA) is 49.3 Å². The number of likely N-dealkylation sites (tertiary alicyclic amines) is 1. The maximum Gasteiger partial charge on any atom is 0.315 e. The molecular formula is C20H28N4O. The summed E-state index contributed by atoms with van der Waals surface area (Å²) >= 11 is 0. The zero-order chi connectivity index (χ0) is 17.6. The Bertz CT molecular complexity index is 701. The van der Waals surface area contributed by atoms with Crippen LogP contribution in [0, 0.1) is 6.92 Å². The number of aryl methyl sites for hydroxylation is 2. The van der Waals surface area contributed by atoms with Gasteiger partial charge in [0, 0.05) is 51.7 Å². The lowest BCUT2D eigenvalue weighted by atomic mass is 10.0. The minimum atomic E-state index is -0.0685. The number of hydrogen-bond donors (Lipinski definition) is 2. The molecule has 0 bridgehead atoms. The van der Waals surface area contributed by atoms with E-state index in [1.54, 1.807) is 0 Å². The molecule has 0 spiro atoms. The fourth-order valence-corrected chi connectivity index (χ4v) is 3.39. The number of nitrogens with zero attached hydrogens (tertiary/aromatic N) is 2. The van der Waals surface area contributed by atoms with Gasteiger partial charge in [-0.1, -0.05) is 29.8 Å². The van der Waals surface area contributed by atoms with Gasteiger partial charge >= 0.3 is 6.03 Å². The molecule has 1 saturated heterocycles. The molecule has 0 unspecified atom stereocenters. The van der Waals surface area contributed by atoms with Gasteiger partial charge in [-0.25, -0.2) is 4.79 Å². The van der Waals surface area contributed by atoms with Crippen molar-refractivity contribution in [2.45, 2.75) is 38.9 Å². The molecule has 2 amide bonds. The second kappa shape index (κ2) is 8.21. The summed E-state index contributed by atoms with van der Waals surface area (Å²) in [5.41, 5.74) is 3.79. The fraction of sp³-hybridized carbons (Fsp3) is 0.450. The van der Waals surface area contributed by atoms with Gasteiger partial charge in [0.2, 0.25) is 0 Å². The lowest BCUT2D eigenvalue weighted by Crippen LogP contribution is -2.47. The molecule has 2 aromatic rings. The van der Waals surface area contributed by atoms with E-state index >= 15 is 0 Å². The van der Waals surface area contributed by atoms with E-state index in [1.807, 2.05) is 30.1 Å². The van der Waals surface area contributed by atoms with E-state index in [4.69, 9.17) is 0 Å². The normalized spacial score (nSPS) is 15.9. The summed E-state index contributed by atoms with van der Waals surface area (Å²) in [6.07, 6.45) is 6.01. The molecule has 0 atom stereocenters. The van der Waals surface area contributed by atoms with Gasteiger partial charge in [-0.15, -0.1) is 0 Å². The van der Waals surface area contributed by atoms with E-state index < -0.39 is 0 Å². The highest BCUT2D eigenvalue weighted by Crippen LogP contribution is 2.14. The molecular weight excluding hydrogens is 312 g/mol. The van der Waals surface area contributed by atoms with Crippen LogP contribution in [0.2, 0.25) is 0 Å². The van der Waals surface area contributed by atoms with Crippen LogP contribution in [-0.4, -0.2) is 34.6 Å². The molecule has 5 heteroatoms. The van der Waals surface area contributed by atoms with Crippen molar-refractivity contribution in [2.75, 3.05) is 13.1 Å². The molecule has 5 nitrogen and oxygen atoms in total. The number of hydrogen-bond acceptors (Lipinski definition) is 2. The Kier molecular flexibility index (Phi) is 5.76. The minimum absolute atomic E-state index is 0.0685. The van der Waals surface area contributed by atoms with Crippen LogP contribution in [0.5, 0.6) is 0 Å². The number of nitrogens with one attached hydrogen (secondary N) is 2. The molecule has 0 radical (unpaired) electrons. The largest absolute Gasteiger partial charge is 0.357 e. The highest BCUT2D eigenvalue weighted by Gasteiger charge is 2.20. The third kappa shape index (κ3) is 5.36. The van der Waals surface area contributed by atoms with E-state index in [2.05, 4.69) is 46.7 Å². The Balaban J connectivity index is 1.37. The van der Waals surface area contributed by atoms with Crippen molar-refractivity contribution in [2.24, 2.45) is 7.05 Å². The van der Waals surface area contributed by atoms with Crippen LogP contribution in [-0.2, 0) is 20.1 Å². The molecule has 25 heavy (non-hydrogen) atoms. The van der Waals surface area contributed by atoms with Crippen LogP contribution >= 0.6 is 0 Å². The minimum Gasteiger partial charge on any atom is -0.357 e. The lowest BCUT2D eigenvalue weighted by Gasteiger charge is -2.32. The summed E-state index contributed by atoms with van der Waals surface area (Å²) in [6, 6.07) is 10.9. The van der Waals surface area contributed by atoms with Gasteiger partial charge in [0.15, 0.2) is 0 Å². The summed E-state index contributed by atoms with van der Waals surface area (Å²) in [4.78, 5) is 14.5. The SMILES string of the molecule is Cc1cccc(CN2CCC(NC(=O)NCc3ccn(C)c3)CC2)c1. The van der Waals surface area contributed by atoms with Crippen LogP contribution < -0.4 is 10.6 Å². The van der Waals surface area contributed by atoms with Gasteiger partial charge in [-0.2, -0.15) is 0 Å². The maximum atomic E-state index is 12.1. The number of rotatable bonds is 5. The Morgan fingerprint density at radius 1 is 1.20 bits per heavy atom. The Morgan fingerprint density at radius 3 is 2.68 bits per heavy atom. The molecule has 1 aromatic heterocycles. The molecule has 3 rings (SSSR count). The van der Waals surface area contributed by atoms with Gasteiger partial charge in [0.25, 0.3) is 0 Å². The second-order valence-corrected chi connectivity index (χ2v) is 7.05. The van der Waals surface area contributed by atoms with E-state index in [1.165, 1.54) is 11.1 Å². The quantitative estimate of drug-likeness (QED) is 0.879. The van der Waals surface area contributed by atoms with Crippen molar-refractivity contribution in [3.8, 4) is 0 Å². The molecule has 2 N–H and O–H groups in total. The van der Waals surface area contributed by atoms with Gasteiger partial charge in [-0.05, 0) is 37.0 Å². The Hall–Kier alpha value is -2.27. The van der Waals surface area contributed by atoms with Crippen LogP contribution in [0.3, 0.4) is 0 Å². The average molecular weight is 340 g/mol. The van der Waals surface area contributed by atoms with E-state index in [0.29, 0.717) is 6.54 Å². The molecule has 1 aliphatic heterocycles. The Morgan fingerprint density at radius 2 is 2.00 bits per heavy atom. The first-order chi connectivity index (χ1) is 12.1. The molecule has 1 aromatic carbocycles. The number of carbonyl (C=O) groups is 1. The van der Waals surface area contributed by atoms with E-state index in [-0.39, 0.29) is 12.1 Å². The predicted octanol–water partition coefficient (Wildman–Crippen LogP) is 2.80. The van der Waals surface area contributed by atoms with Gasteiger partial charge in [-0.3, -0.25) is 4.90 Å². The first kappa shape index (κ1) is 17.5. The van der Waals surface area contributed by atoms with Crippen molar-refractivity contribution >= 4 is 6.03 Å². The fourth-order valence-electron chi connectivity index (χ4n) is 3.39. The molecule has 0 saturated carbocycles. The van der Waals surface area contributed by atoms with E-state index in [9.17, 15) is 4.79 Å². The average Bonchev–Trinajstić information content (AvgIpc) is 3.00. The third-order valence-electron chi connectivity index (χ3n) is 4.76. The van der Waals surface area contributed by atoms with Crippen molar-refractivity contribution in [3.63, 3.8) is 0 Å². The zero-order valence-corrected chi connectivity index (χ0v) is 15.2. The third-order valence-corrected chi connectivity index (χ3v) is 4.76. The number of benzene rings is 1. The van der Waals surface area contributed by atoms with Crippen LogP contribution in [0.1, 0.15) is 29.5 Å². The number of piperidine rings is 1. The summed E-state index contributed by atoms with van der Waals surface area (Å²) in [7, 11) is 1.98. The highest BCUT2D eigenvalue weighted by molar-refractivity contribution is 5.74. The summed E-state index contributed by atoms with van der Waals surface area (Å²) in [6.45, 7) is 5.75. The van der Waals surface area contributed by atoms with Gasteiger partial charge in [0.1, 0.15) is 0 Å². The van der Waals surface area contributed by atoms with Crippen molar-refractivity contribution in [3.05, 3.63) is 59.4 Å². The van der Waals surface area contributed by atoms with Crippen molar-refractivity contribution < 1.29 is 4.79 Å². The van der Waals surface area contributed by atoms with Crippen molar-refractivity contribution in [1.29, 1.82) is 0 Å². The second-order valence-electron chi connectivity index (χ2n) is 7.05. The van der Waals surface area contributed by atoms with Crippen molar-refractivity contribution in [1.82, 2.24) is 20.1 Å². The monoisotopic (exact) mass is 340 g/mol. The molecule has 2 heterocycles. The lowest BCUT2D eigenvalue weighted by molar-refractivity contribution is 0.186. The molecule has 134 valence electrons. The number of urea groups is 1. The van der Waals surface area contributed by atoms with Gasteiger partial charge in [0.05, 0.1) is 0 Å². The first-order valence-corrected chi connectivity index (χ1v) is 9.01. The van der Waals surface area contributed by atoms with Crippen LogP contribution in [0.15, 0.2) is 42.7 Å². The number of amides is 2.